The molecule has 0 aliphatic rings. The Morgan fingerprint density at radius 3 is 2.73 bits per heavy atom. The van der Waals surface area contributed by atoms with E-state index in [9.17, 15) is 4.79 Å². The minimum absolute atomic E-state index is 0.216. The first-order valence-electron chi connectivity index (χ1n) is 6.92. The van der Waals surface area contributed by atoms with Crippen molar-refractivity contribution >= 4 is 33.4 Å². The maximum Gasteiger partial charge on any atom is 0.259 e. The van der Waals surface area contributed by atoms with Crippen molar-refractivity contribution in [2.45, 2.75) is 33.7 Å². The number of hydrogen-bond acceptors (Lipinski definition) is 6. The molecule has 8 heteroatoms. The highest BCUT2D eigenvalue weighted by atomic mass is 32.1. The zero-order valence-electron chi connectivity index (χ0n) is 12.8. The minimum Gasteiger partial charge on any atom is -0.296 e. The fraction of sp³-hybridized carbons (Fsp3) is 0.357. The molecular formula is C14H16N6OS. The quantitative estimate of drug-likeness (QED) is 0.803. The highest BCUT2D eigenvalue weighted by Crippen LogP contribution is 2.21. The summed E-state index contributed by atoms with van der Waals surface area (Å²) in [5.74, 6) is -0.236. The number of rotatable bonds is 3. The molecule has 0 bridgehead atoms. The molecular weight excluding hydrogens is 300 g/mol. The smallest absolute Gasteiger partial charge is 0.259 e. The number of amides is 1. The molecule has 0 saturated carbocycles. The summed E-state index contributed by atoms with van der Waals surface area (Å²) in [6, 6.07) is 2.03. The average Bonchev–Trinajstić information content (AvgIpc) is 3.03. The van der Waals surface area contributed by atoms with E-state index in [0.29, 0.717) is 16.4 Å². The summed E-state index contributed by atoms with van der Waals surface area (Å²) in [6.45, 7) is 7.74. The van der Waals surface area contributed by atoms with Crippen LogP contribution in [0.5, 0.6) is 0 Å². The van der Waals surface area contributed by atoms with E-state index in [1.54, 1.807) is 6.20 Å². The number of carbonyl (C=O) groups is 1. The monoisotopic (exact) mass is 316 g/mol. The van der Waals surface area contributed by atoms with Crippen molar-refractivity contribution in [1.82, 2.24) is 25.0 Å². The first kappa shape index (κ1) is 14.6. The average molecular weight is 316 g/mol. The minimum atomic E-state index is -0.236. The molecule has 7 nitrogen and oxygen atoms in total. The van der Waals surface area contributed by atoms with Crippen LogP contribution in [-0.2, 0) is 0 Å². The van der Waals surface area contributed by atoms with Gasteiger partial charge in [-0.25, -0.2) is 9.67 Å². The molecule has 0 unspecified atom stereocenters. The summed E-state index contributed by atoms with van der Waals surface area (Å²) >= 11 is 1.34. The fourth-order valence-electron chi connectivity index (χ4n) is 2.18. The maximum absolute atomic E-state index is 12.4. The Kier molecular flexibility index (Phi) is 3.61. The molecule has 114 valence electrons. The summed E-state index contributed by atoms with van der Waals surface area (Å²) in [6.07, 6.45) is 1.73. The molecule has 3 rings (SSSR count). The van der Waals surface area contributed by atoms with Crippen molar-refractivity contribution in [2.24, 2.45) is 0 Å². The molecule has 1 amide bonds. The highest BCUT2D eigenvalue weighted by molar-refractivity contribution is 7.15. The van der Waals surface area contributed by atoms with Crippen LogP contribution in [0.1, 0.15) is 40.9 Å². The number of anilines is 1. The lowest BCUT2D eigenvalue weighted by Gasteiger charge is -2.08. The molecule has 3 heterocycles. The zero-order chi connectivity index (χ0) is 15.9. The lowest BCUT2D eigenvalue weighted by molar-refractivity contribution is 0.102. The van der Waals surface area contributed by atoms with Crippen LogP contribution in [0.25, 0.3) is 11.0 Å². The Morgan fingerprint density at radius 2 is 2.09 bits per heavy atom. The Labute approximate surface area is 131 Å². The van der Waals surface area contributed by atoms with Gasteiger partial charge in [-0.2, -0.15) is 5.10 Å². The lowest BCUT2D eigenvalue weighted by Crippen LogP contribution is -2.14. The van der Waals surface area contributed by atoms with Crippen molar-refractivity contribution < 1.29 is 4.79 Å². The summed E-state index contributed by atoms with van der Waals surface area (Å²) in [4.78, 5) is 16.9. The van der Waals surface area contributed by atoms with Crippen molar-refractivity contribution in [1.29, 1.82) is 0 Å². The number of aromatic nitrogens is 5. The SMILES string of the molecule is Cc1nnc(NC(=O)c2cc3cnn(C(C)C)c3nc2C)s1. The van der Waals surface area contributed by atoms with Crippen LogP contribution in [-0.4, -0.2) is 30.9 Å². The van der Waals surface area contributed by atoms with Crippen molar-refractivity contribution in [3.05, 3.63) is 28.5 Å². The lowest BCUT2D eigenvalue weighted by atomic mass is 10.1. The molecule has 0 saturated heterocycles. The molecule has 3 aromatic rings. The second kappa shape index (κ2) is 5.45. The van der Waals surface area contributed by atoms with Crippen molar-refractivity contribution in [3.63, 3.8) is 0 Å². The second-order valence-electron chi connectivity index (χ2n) is 5.30. The zero-order valence-corrected chi connectivity index (χ0v) is 13.6. The van der Waals surface area contributed by atoms with E-state index in [0.717, 1.165) is 16.0 Å². The summed E-state index contributed by atoms with van der Waals surface area (Å²) in [5.41, 5.74) is 1.97. The van der Waals surface area contributed by atoms with E-state index in [2.05, 4.69) is 25.6 Å². The van der Waals surface area contributed by atoms with Crippen LogP contribution in [0, 0.1) is 13.8 Å². The van der Waals surface area contributed by atoms with Crippen LogP contribution < -0.4 is 5.32 Å². The van der Waals surface area contributed by atoms with E-state index < -0.39 is 0 Å². The van der Waals surface area contributed by atoms with Gasteiger partial charge in [-0.3, -0.25) is 10.1 Å². The van der Waals surface area contributed by atoms with E-state index in [1.165, 1.54) is 11.3 Å². The Balaban J connectivity index is 1.96. The van der Waals surface area contributed by atoms with Crippen LogP contribution in [0.3, 0.4) is 0 Å². The fourth-order valence-corrected chi connectivity index (χ4v) is 2.77. The molecule has 0 atom stereocenters. The third-order valence-electron chi connectivity index (χ3n) is 3.24. The molecule has 3 aromatic heterocycles. The highest BCUT2D eigenvalue weighted by Gasteiger charge is 2.16. The first-order valence-corrected chi connectivity index (χ1v) is 7.73. The Morgan fingerprint density at radius 1 is 1.32 bits per heavy atom. The van der Waals surface area contributed by atoms with Gasteiger partial charge in [0.15, 0.2) is 5.65 Å². The summed E-state index contributed by atoms with van der Waals surface area (Å²) < 4.78 is 1.85. The third kappa shape index (κ3) is 2.57. The van der Waals surface area contributed by atoms with Gasteiger partial charge in [-0.15, -0.1) is 10.2 Å². The van der Waals surface area contributed by atoms with Crippen LogP contribution in [0.2, 0.25) is 0 Å². The molecule has 0 spiro atoms. The van der Waals surface area contributed by atoms with Crippen molar-refractivity contribution in [3.8, 4) is 0 Å². The van der Waals surface area contributed by atoms with Crippen molar-refractivity contribution in [2.75, 3.05) is 5.32 Å². The molecule has 22 heavy (non-hydrogen) atoms. The van der Waals surface area contributed by atoms with Gasteiger partial charge < -0.3 is 0 Å². The van der Waals surface area contributed by atoms with Gasteiger partial charge >= 0.3 is 0 Å². The Bertz CT molecular complexity index is 850. The maximum atomic E-state index is 12.4. The number of nitrogens with zero attached hydrogens (tertiary/aromatic N) is 5. The van der Waals surface area contributed by atoms with Crippen LogP contribution in [0.4, 0.5) is 5.13 Å². The van der Waals surface area contributed by atoms with Gasteiger partial charge in [0.2, 0.25) is 5.13 Å². The summed E-state index contributed by atoms with van der Waals surface area (Å²) in [5, 5.41) is 17.0. The largest absolute Gasteiger partial charge is 0.296 e. The number of aryl methyl sites for hydroxylation is 2. The van der Waals surface area contributed by atoms with E-state index in [-0.39, 0.29) is 11.9 Å². The number of nitrogens with one attached hydrogen (secondary N) is 1. The van der Waals surface area contributed by atoms with Gasteiger partial charge in [0.25, 0.3) is 5.91 Å². The second-order valence-corrected chi connectivity index (χ2v) is 6.48. The van der Waals surface area contributed by atoms with Gasteiger partial charge in [-0.1, -0.05) is 11.3 Å². The van der Waals surface area contributed by atoms with Crippen LogP contribution in [0.15, 0.2) is 12.3 Å². The summed E-state index contributed by atoms with van der Waals surface area (Å²) in [7, 11) is 0. The van der Waals surface area contributed by atoms with E-state index in [4.69, 9.17) is 0 Å². The predicted octanol–water partition coefficient (Wildman–Crippen LogP) is 2.73. The van der Waals surface area contributed by atoms with Gasteiger partial charge in [0.05, 0.1) is 17.5 Å². The molecule has 0 aliphatic heterocycles. The standard InChI is InChI=1S/C14H16N6OS/c1-7(2)20-12-10(6-15-20)5-11(8(3)16-12)13(21)17-14-19-18-9(4)22-14/h5-7H,1-4H3,(H,17,19,21). The van der Waals surface area contributed by atoms with E-state index >= 15 is 0 Å². The molecule has 0 fully saturated rings. The Hall–Kier alpha value is -2.35. The van der Waals surface area contributed by atoms with Crippen LogP contribution >= 0.6 is 11.3 Å². The number of hydrogen-bond donors (Lipinski definition) is 1. The topological polar surface area (TPSA) is 85.6 Å². The van der Waals surface area contributed by atoms with E-state index in [1.807, 2.05) is 38.4 Å². The molecule has 1 N–H and O–H groups in total. The molecule has 0 aliphatic carbocycles. The molecule has 0 radical (unpaired) electrons. The molecule has 0 aromatic carbocycles. The van der Waals surface area contributed by atoms with Gasteiger partial charge in [0.1, 0.15) is 5.01 Å². The van der Waals surface area contributed by atoms with Gasteiger partial charge in [0, 0.05) is 11.4 Å². The number of pyridine rings is 1. The third-order valence-corrected chi connectivity index (χ3v) is 3.99. The number of fused-ring (bicyclic) bond motifs is 1. The first-order chi connectivity index (χ1) is 10.5. The normalized spacial score (nSPS) is 11.3. The van der Waals surface area contributed by atoms with Gasteiger partial charge in [-0.05, 0) is 33.8 Å². The predicted molar refractivity (Wildman–Crippen MR) is 85.2 cm³/mol. The number of carbonyl (C=O) groups excluding carboxylic acids is 1.